The number of benzene rings is 2. The van der Waals surface area contributed by atoms with Crippen LogP contribution in [0.3, 0.4) is 0 Å². The topological polar surface area (TPSA) is 88.5 Å². The second-order valence-electron chi connectivity index (χ2n) is 9.68. The second-order valence-corrected chi connectivity index (χ2v) is 10.9. The third-order valence-electron chi connectivity index (χ3n) is 7.33. The van der Waals surface area contributed by atoms with E-state index in [0.717, 1.165) is 30.8 Å². The smallest absolute Gasteiger partial charge is 0.348 e. The molecule has 190 valence electrons. The molecule has 36 heavy (non-hydrogen) atoms. The number of nitrogens with one attached hydrogen (secondary N) is 1. The predicted molar refractivity (Wildman–Crippen MR) is 134 cm³/mol. The number of fused-ring (bicyclic) bond motifs is 3. The van der Waals surface area contributed by atoms with Crippen molar-refractivity contribution in [2.24, 2.45) is 5.92 Å². The number of nitrogens with zero attached hydrogens (tertiary/aromatic N) is 2. The second kappa shape index (κ2) is 10.7. The lowest BCUT2D eigenvalue weighted by molar-refractivity contribution is -0.939. The van der Waals surface area contributed by atoms with Crippen molar-refractivity contribution in [3.05, 3.63) is 82.9 Å². The van der Waals surface area contributed by atoms with Crippen LogP contribution in [0.5, 0.6) is 0 Å². The maximum atomic E-state index is 13.6. The highest BCUT2D eigenvalue weighted by Gasteiger charge is 2.51. The van der Waals surface area contributed by atoms with E-state index < -0.39 is 11.6 Å². The zero-order valence-electron chi connectivity index (χ0n) is 20.1. The number of carbonyl (C=O) groups is 2. The summed E-state index contributed by atoms with van der Waals surface area (Å²) in [7, 11) is 0. The number of aromatic nitrogens is 1. The Hall–Kier alpha value is -2.78. The van der Waals surface area contributed by atoms with Gasteiger partial charge in [-0.1, -0.05) is 60.7 Å². The molecule has 0 unspecified atom stereocenters. The maximum absolute atomic E-state index is 13.6. The SMILES string of the molecule is Cc1cnc(NC(=O)C[N+]23CCC(CC2)[C@@H](OC(=O)C(O)(c2ccccc2)c2ccccc2)C3)s1.[Cl-]. The molecule has 1 atom stereocenters. The fourth-order valence-electron chi connectivity index (χ4n) is 5.44. The number of thiazole rings is 1. The standard InChI is InChI=1S/C27H29N3O4S.ClH/c1-19-16-28-26(35-19)29-24(31)18-30-14-12-20(13-15-30)23(17-30)34-25(32)27(33,21-8-4-2-5-9-21)22-10-6-3-7-11-22;/h2-11,16,20,23,33H,12-15,17-18H2,1H3;1H/t20?,23-,30?;/m0./s1. The molecule has 0 spiro atoms. The van der Waals surface area contributed by atoms with Crippen LogP contribution in [0, 0.1) is 12.8 Å². The third kappa shape index (κ3) is 5.18. The Balaban J connectivity index is 0.00000304. The van der Waals surface area contributed by atoms with Crippen molar-refractivity contribution in [2.45, 2.75) is 31.5 Å². The van der Waals surface area contributed by atoms with Crippen molar-refractivity contribution in [1.82, 2.24) is 4.98 Å². The molecule has 0 saturated carbocycles. The van der Waals surface area contributed by atoms with Gasteiger partial charge in [0.25, 0.3) is 5.91 Å². The first-order valence-corrected chi connectivity index (χ1v) is 12.8. The number of halogens is 1. The van der Waals surface area contributed by atoms with Crippen LogP contribution < -0.4 is 17.7 Å². The minimum Gasteiger partial charge on any atom is -1.00 e. The molecular weight excluding hydrogens is 498 g/mol. The normalized spacial score (nSPS) is 22.9. The van der Waals surface area contributed by atoms with Crippen LogP contribution in [-0.2, 0) is 19.9 Å². The number of piperidine rings is 3. The van der Waals surface area contributed by atoms with E-state index in [1.807, 2.05) is 19.1 Å². The van der Waals surface area contributed by atoms with Gasteiger partial charge in [0.15, 0.2) is 17.8 Å². The van der Waals surface area contributed by atoms with Gasteiger partial charge in [0.05, 0.1) is 13.1 Å². The third-order valence-corrected chi connectivity index (χ3v) is 8.15. The number of aryl methyl sites for hydroxylation is 1. The van der Waals surface area contributed by atoms with E-state index in [0.29, 0.717) is 33.8 Å². The summed E-state index contributed by atoms with van der Waals surface area (Å²) in [5, 5.41) is 15.3. The Morgan fingerprint density at radius 2 is 1.67 bits per heavy atom. The van der Waals surface area contributed by atoms with Gasteiger partial charge >= 0.3 is 5.97 Å². The lowest BCUT2D eigenvalue weighted by Gasteiger charge is -2.51. The number of hydrogen-bond donors (Lipinski definition) is 2. The lowest BCUT2D eigenvalue weighted by atomic mass is 9.82. The van der Waals surface area contributed by atoms with Crippen LogP contribution in [0.2, 0.25) is 0 Å². The fraction of sp³-hybridized carbons (Fsp3) is 0.370. The summed E-state index contributed by atoms with van der Waals surface area (Å²) in [6.45, 7) is 4.60. The van der Waals surface area contributed by atoms with E-state index in [-0.39, 0.29) is 30.3 Å². The van der Waals surface area contributed by atoms with E-state index in [9.17, 15) is 14.7 Å². The Bertz CT molecular complexity index is 1160. The zero-order valence-corrected chi connectivity index (χ0v) is 21.7. The van der Waals surface area contributed by atoms with Gasteiger partial charge in [-0.15, -0.1) is 11.3 Å². The van der Waals surface area contributed by atoms with Gasteiger partial charge in [0.2, 0.25) is 5.60 Å². The highest BCUT2D eigenvalue weighted by Crippen LogP contribution is 2.38. The molecule has 1 amide bonds. The molecule has 2 N–H and O–H groups in total. The highest BCUT2D eigenvalue weighted by atomic mass is 35.5. The molecule has 1 aromatic heterocycles. The molecule has 3 aromatic rings. The van der Waals surface area contributed by atoms with Gasteiger partial charge in [-0.2, -0.15) is 0 Å². The van der Waals surface area contributed by atoms with Gasteiger partial charge in [-0.3, -0.25) is 10.1 Å². The number of quaternary nitrogens is 1. The molecule has 0 radical (unpaired) electrons. The number of hydrogen-bond acceptors (Lipinski definition) is 6. The Morgan fingerprint density at radius 3 is 2.19 bits per heavy atom. The molecular formula is C27H30ClN3O4S. The first-order valence-electron chi connectivity index (χ1n) is 12.0. The van der Waals surface area contributed by atoms with Crippen molar-refractivity contribution in [3.8, 4) is 0 Å². The first-order chi connectivity index (χ1) is 16.9. The van der Waals surface area contributed by atoms with Gasteiger partial charge in [0, 0.05) is 29.8 Å². The van der Waals surface area contributed by atoms with E-state index in [1.54, 1.807) is 54.7 Å². The number of aliphatic hydroxyl groups is 1. The van der Waals surface area contributed by atoms with Crippen molar-refractivity contribution in [2.75, 3.05) is 31.5 Å². The summed E-state index contributed by atoms with van der Waals surface area (Å²) in [4.78, 5) is 31.7. The highest BCUT2D eigenvalue weighted by molar-refractivity contribution is 7.15. The van der Waals surface area contributed by atoms with Crippen LogP contribution in [-0.4, -0.2) is 58.7 Å². The van der Waals surface area contributed by atoms with Gasteiger partial charge < -0.3 is 26.7 Å². The molecule has 3 saturated heterocycles. The lowest BCUT2D eigenvalue weighted by Crippen LogP contribution is -3.00. The molecule has 0 aliphatic carbocycles. The predicted octanol–water partition coefficient (Wildman–Crippen LogP) is 0.482. The maximum Gasteiger partial charge on any atom is 0.348 e. The van der Waals surface area contributed by atoms with E-state index in [4.69, 9.17) is 4.74 Å². The minimum atomic E-state index is -1.90. The molecule has 6 rings (SSSR count). The van der Waals surface area contributed by atoms with Crippen molar-refractivity contribution in [3.63, 3.8) is 0 Å². The molecule has 3 aliphatic rings. The first kappa shape index (κ1) is 26.3. The van der Waals surface area contributed by atoms with Gasteiger partial charge in [0.1, 0.15) is 6.54 Å². The monoisotopic (exact) mass is 527 g/mol. The van der Waals surface area contributed by atoms with Crippen LogP contribution in [0.1, 0.15) is 28.8 Å². The molecule has 3 aliphatic heterocycles. The van der Waals surface area contributed by atoms with Gasteiger partial charge in [-0.25, -0.2) is 9.78 Å². The zero-order chi connectivity index (χ0) is 24.5. The largest absolute Gasteiger partial charge is 1.00 e. The summed E-state index contributed by atoms with van der Waals surface area (Å²) in [6.07, 6.45) is 3.17. The number of carbonyl (C=O) groups excluding carboxylic acids is 2. The quantitative estimate of drug-likeness (QED) is 0.345. The summed E-state index contributed by atoms with van der Waals surface area (Å²) in [6, 6.07) is 17.8. The molecule has 9 heteroatoms. The van der Waals surface area contributed by atoms with E-state index in [1.165, 1.54) is 11.3 Å². The number of amides is 1. The molecule has 3 fully saturated rings. The van der Waals surface area contributed by atoms with E-state index >= 15 is 0 Å². The Labute approximate surface area is 221 Å². The summed E-state index contributed by atoms with van der Waals surface area (Å²) < 4.78 is 6.66. The van der Waals surface area contributed by atoms with E-state index in [2.05, 4.69) is 10.3 Å². The van der Waals surface area contributed by atoms with Crippen molar-refractivity contribution >= 4 is 28.3 Å². The average Bonchev–Trinajstić information content (AvgIpc) is 3.29. The molecule has 2 bridgehead atoms. The fourth-order valence-corrected chi connectivity index (χ4v) is 6.12. The van der Waals surface area contributed by atoms with Crippen LogP contribution in [0.15, 0.2) is 66.9 Å². The number of esters is 1. The summed E-state index contributed by atoms with van der Waals surface area (Å²) in [5.74, 6) is -0.510. The minimum absolute atomic E-state index is 0. The molecule has 2 aromatic carbocycles. The van der Waals surface area contributed by atoms with Gasteiger partial charge in [-0.05, 0) is 18.1 Å². The number of rotatable bonds is 7. The van der Waals surface area contributed by atoms with Crippen LogP contribution in [0.25, 0.3) is 0 Å². The molecule has 7 nitrogen and oxygen atoms in total. The number of ether oxygens (including phenoxy) is 1. The van der Waals surface area contributed by atoms with Crippen LogP contribution in [0.4, 0.5) is 5.13 Å². The van der Waals surface area contributed by atoms with Crippen molar-refractivity contribution in [1.29, 1.82) is 0 Å². The number of anilines is 1. The Kier molecular flexibility index (Phi) is 7.80. The molecule has 4 heterocycles. The summed E-state index contributed by atoms with van der Waals surface area (Å²) >= 11 is 1.45. The average molecular weight is 528 g/mol. The Morgan fingerprint density at radius 1 is 1.08 bits per heavy atom. The summed E-state index contributed by atoms with van der Waals surface area (Å²) in [5.41, 5.74) is -0.960. The van der Waals surface area contributed by atoms with Crippen LogP contribution >= 0.6 is 11.3 Å². The van der Waals surface area contributed by atoms with Crippen molar-refractivity contribution < 1.29 is 36.3 Å².